The van der Waals surface area contributed by atoms with Crippen molar-refractivity contribution in [1.29, 1.82) is 0 Å². The highest BCUT2D eigenvalue weighted by molar-refractivity contribution is 6.31. The van der Waals surface area contributed by atoms with Crippen molar-refractivity contribution in [1.82, 2.24) is 19.6 Å². The molecule has 170 valence electrons. The Morgan fingerprint density at radius 1 is 1.12 bits per heavy atom. The number of halogens is 5. The summed E-state index contributed by atoms with van der Waals surface area (Å²) in [6.45, 7) is -0.298. The molecule has 0 aliphatic heterocycles. The molecule has 0 spiro atoms. The second-order valence-electron chi connectivity index (χ2n) is 7.64. The second kappa shape index (κ2) is 8.93. The molecule has 0 unspecified atom stereocenters. The molecule has 11 heteroatoms. The molecule has 6 nitrogen and oxygen atoms in total. The van der Waals surface area contributed by atoms with Crippen LogP contribution in [-0.2, 0) is 36.9 Å². The fourth-order valence-electron chi connectivity index (χ4n) is 3.89. The first kappa shape index (κ1) is 22.3. The van der Waals surface area contributed by atoms with Crippen LogP contribution in [0.5, 0.6) is 0 Å². The number of nitrogens with one attached hydrogen (secondary N) is 1. The molecular weight excluding hydrogens is 450 g/mol. The van der Waals surface area contributed by atoms with Crippen molar-refractivity contribution in [3.05, 3.63) is 63.8 Å². The van der Waals surface area contributed by atoms with Crippen LogP contribution in [0.3, 0.4) is 0 Å². The Hall–Kier alpha value is -2.88. The van der Waals surface area contributed by atoms with Gasteiger partial charge in [0.05, 0.1) is 6.54 Å². The molecule has 1 aliphatic rings. The number of carbonyl (C=O) groups is 1. The Morgan fingerprint density at radius 2 is 1.91 bits per heavy atom. The fourth-order valence-corrected chi connectivity index (χ4v) is 4.11. The van der Waals surface area contributed by atoms with E-state index in [1.807, 2.05) is 0 Å². The van der Waals surface area contributed by atoms with Crippen LogP contribution in [0.2, 0.25) is 5.02 Å². The minimum absolute atomic E-state index is 0.0585. The Bertz CT molecular complexity index is 1120. The molecule has 0 bridgehead atoms. The second-order valence-corrected chi connectivity index (χ2v) is 8.04. The SMILES string of the molecule is O=C(Cn1nc(C(F)(F)F)c2c1CCCCC2)Nc1ccn(Cc2c(F)cccc2Cl)n1. The maximum Gasteiger partial charge on any atom is 0.435 e. The van der Waals surface area contributed by atoms with Crippen molar-refractivity contribution < 1.29 is 22.4 Å². The van der Waals surface area contributed by atoms with E-state index >= 15 is 0 Å². The lowest BCUT2D eigenvalue weighted by molar-refractivity contribution is -0.142. The quantitative estimate of drug-likeness (QED) is 0.429. The van der Waals surface area contributed by atoms with Gasteiger partial charge in [-0.05, 0) is 37.8 Å². The third kappa shape index (κ3) is 4.79. The van der Waals surface area contributed by atoms with Crippen LogP contribution in [0.1, 0.15) is 41.8 Å². The van der Waals surface area contributed by atoms with Crippen molar-refractivity contribution in [3.8, 4) is 0 Å². The Labute approximate surface area is 186 Å². The molecule has 0 atom stereocenters. The third-order valence-electron chi connectivity index (χ3n) is 5.36. The number of alkyl halides is 3. The summed E-state index contributed by atoms with van der Waals surface area (Å²) in [4.78, 5) is 12.5. The largest absolute Gasteiger partial charge is 0.435 e. The van der Waals surface area contributed by atoms with Gasteiger partial charge < -0.3 is 5.32 Å². The van der Waals surface area contributed by atoms with Crippen LogP contribution < -0.4 is 5.32 Å². The number of hydrogen-bond acceptors (Lipinski definition) is 3. The van der Waals surface area contributed by atoms with Crippen LogP contribution >= 0.6 is 11.6 Å². The maximum atomic E-state index is 14.0. The number of benzene rings is 1. The number of amides is 1. The van der Waals surface area contributed by atoms with Crippen molar-refractivity contribution in [2.24, 2.45) is 0 Å². The van der Waals surface area contributed by atoms with Gasteiger partial charge >= 0.3 is 6.18 Å². The number of carbonyl (C=O) groups excluding carboxylic acids is 1. The van der Waals surface area contributed by atoms with Crippen LogP contribution in [0.25, 0.3) is 0 Å². The third-order valence-corrected chi connectivity index (χ3v) is 5.71. The monoisotopic (exact) mass is 469 g/mol. The van der Waals surface area contributed by atoms with Gasteiger partial charge in [0.25, 0.3) is 0 Å². The first-order valence-electron chi connectivity index (χ1n) is 10.1. The van der Waals surface area contributed by atoms with E-state index in [-0.39, 0.29) is 35.1 Å². The lowest BCUT2D eigenvalue weighted by atomic mass is 10.1. The minimum atomic E-state index is -4.57. The molecule has 1 aromatic carbocycles. The topological polar surface area (TPSA) is 64.7 Å². The summed E-state index contributed by atoms with van der Waals surface area (Å²) < 4.78 is 56.8. The van der Waals surface area contributed by atoms with E-state index in [4.69, 9.17) is 11.6 Å². The van der Waals surface area contributed by atoms with Crippen molar-refractivity contribution in [2.45, 2.75) is 51.4 Å². The van der Waals surface area contributed by atoms with E-state index < -0.39 is 23.6 Å². The number of rotatable bonds is 5. The molecular formula is C21H20ClF4N5O. The molecule has 0 radical (unpaired) electrons. The van der Waals surface area contributed by atoms with Crippen LogP contribution in [0.15, 0.2) is 30.5 Å². The van der Waals surface area contributed by atoms with Gasteiger partial charge in [-0.2, -0.15) is 23.4 Å². The van der Waals surface area contributed by atoms with Crippen molar-refractivity contribution in [2.75, 3.05) is 5.32 Å². The maximum absolute atomic E-state index is 14.0. The molecule has 0 saturated heterocycles. The summed E-state index contributed by atoms with van der Waals surface area (Å²) in [6.07, 6.45) is -0.0266. The fraction of sp³-hybridized carbons (Fsp3) is 0.381. The van der Waals surface area contributed by atoms with E-state index in [1.54, 1.807) is 12.3 Å². The van der Waals surface area contributed by atoms with Gasteiger partial charge in [-0.15, -0.1) is 0 Å². The van der Waals surface area contributed by atoms with Gasteiger partial charge in [-0.1, -0.05) is 24.1 Å². The summed E-state index contributed by atoms with van der Waals surface area (Å²) in [5.74, 6) is -0.836. The molecule has 0 saturated carbocycles. The van der Waals surface area contributed by atoms with Gasteiger partial charge in [0, 0.05) is 34.1 Å². The Balaban J connectivity index is 1.48. The molecule has 2 heterocycles. The standard InChI is InChI=1S/C21H20ClF4N5O/c22-15-6-4-7-16(23)14(15)11-30-10-9-18(28-30)27-19(32)12-31-17-8-3-1-2-5-13(17)20(29-31)21(24,25)26/h4,6-7,9-10H,1-3,5,8,11-12H2,(H,27,28,32). The average Bonchev–Trinajstić information content (AvgIpc) is 3.20. The first-order valence-corrected chi connectivity index (χ1v) is 10.5. The van der Waals surface area contributed by atoms with Crippen LogP contribution in [0, 0.1) is 5.82 Å². The zero-order chi connectivity index (χ0) is 22.9. The van der Waals surface area contributed by atoms with Gasteiger partial charge in [0.15, 0.2) is 11.5 Å². The lowest BCUT2D eigenvalue weighted by Crippen LogP contribution is -2.22. The highest BCUT2D eigenvalue weighted by Gasteiger charge is 2.39. The summed E-state index contributed by atoms with van der Waals surface area (Å²) in [7, 11) is 0. The Morgan fingerprint density at radius 3 is 2.66 bits per heavy atom. The average molecular weight is 470 g/mol. The first-order chi connectivity index (χ1) is 15.2. The molecule has 4 rings (SSSR count). The van der Waals surface area contributed by atoms with Crippen molar-refractivity contribution in [3.63, 3.8) is 0 Å². The van der Waals surface area contributed by atoms with E-state index in [2.05, 4.69) is 15.5 Å². The molecule has 0 fully saturated rings. The van der Waals surface area contributed by atoms with E-state index in [0.29, 0.717) is 25.0 Å². The lowest BCUT2D eigenvalue weighted by Gasteiger charge is -2.08. The number of anilines is 1. The molecule has 1 N–H and O–H groups in total. The predicted octanol–water partition coefficient (Wildman–Crippen LogP) is 4.85. The Kier molecular flexibility index (Phi) is 6.23. The summed E-state index contributed by atoms with van der Waals surface area (Å²) in [6, 6.07) is 5.86. The van der Waals surface area contributed by atoms with Crippen molar-refractivity contribution >= 4 is 23.3 Å². The predicted molar refractivity (Wildman–Crippen MR) is 110 cm³/mol. The number of nitrogens with zero attached hydrogens (tertiary/aromatic N) is 4. The molecule has 3 aromatic rings. The zero-order valence-corrected chi connectivity index (χ0v) is 17.7. The zero-order valence-electron chi connectivity index (χ0n) is 16.9. The molecule has 1 amide bonds. The van der Waals surface area contributed by atoms with Gasteiger partial charge in [-0.25, -0.2) is 4.39 Å². The smallest absolute Gasteiger partial charge is 0.308 e. The summed E-state index contributed by atoms with van der Waals surface area (Å²) in [5.41, 5.74) is 0.000782. The number of fused-ring (bicyclic) bond motifs is 1. The molecule has 2 aromatic heterocycles. The highest BCUT2D eigenvalue weighted by Crippen LogP contribution is 2.35. The summed E-state index contributed by atoms with van der Waals surface area (Å²) >= 11 is 6.02. The molecule has 32 heavy (non-hydrogen) atoms. The number of hydrogen-bond donors (Lipinski definition) is 1. The molecule has 1 aliphatic carbocycles. The highest BCUT2D eigenvalue weighted by atomic mass is 35.5. The normalized spacial score (nSPS) is 14.2. The minimum Gasteiger partial charge on any atom is -0.308 e. The van der Waals surface area contributed by atoms with Gasteiger partial charge in [0.1, 0.15) is 12.4 Å². The van der Waals surface area contributed by atoms with Gasteiger partial charge in [-0.3, -0.25) is 14.2 Å². The van der Waals surface area contributed by atoms with Crippen LogP contribution in [-0.4, -0.2) is 25.5 Å². The van der Waals surface area contributed by atoms with E-state index in [1.165, 1.54) is 22.9 Å². The van der Waals surface area contributed by atoms with Gasteiger partial charge in [0.2, 0.25) is 5.91 Å². The summed E-state index contributed by atoms with van der Waals surface area (Å²) in [5, 5.41) is 10.7. The number of aromatic nitrogens is 4. The van der Waals surface area contributed by atoms with E-state index in [9.17, 15) is 22.4 Å². The van der Waals surface area contributed by atoms with Crippen LogP contribution in [0.4, 0.5) is 23.4 Å². The van der Waals surface area contributed by atoms with E-state index in [0.717, 1.165) is 17.5 Å².